The van der Waals surface area contributed by atoms with Crippen LogP contribution in [0.15, 0.2) is 41.5 Å². The first-order valence-electron chi connectivity index (χ1n) is 8.44. The molecule has 3 N–H and O–H groups in total. The van der Waals surface area contributed by atoms with Gasteiger partial charge in [0.25, 0.3) is 5.91 Å². The first-order chi connectivity index (χ1) is 13.4. The Bertz CT molecular complexity index is 945. The van der Waals surface area contributed by atoms with Crippen LogP contribution in [0.4, 0.5) is 5.69 Å². The van der Waals surface area contributed by atoms with Crippen LogP contribution in [-0.4, -0.2) is 35.8 Å². The minimum Gasteiger partial charge on any atom is -0.507 e. The molecule has 0 aromatic heterocycles. The maximum atomic E-state index is 12.2. The molecule has 8 nitrogen and oxygen atoms in total. The van der Waals surface area contributed by atoms with Gasteiger partial charge in [-0.1, -0.05) is 11.6 Å². The molecule has 0 unspecified atom stereocenters. The van der Waals surface area contributed by atoms with E-state index in [-0.39, 0.29) is 23.6 Å². The summed E-state index contributed by atoms with van der Waals surface area (Å²) in [7, 11) is 0. The summed E-state index contributed by atoms with van der Waals surface area (Å²) in [5.41, 5.74) is 3.23. The number of hydrogen-bond donors (Lipinski definition) is 3. The molecule has 146 valence electrons. The highest BCUT2D eigenvalue weighted by Crippen LogP contribution is 2.32. The molecule has 0 saturated carbocycles. The maximum absolute atomic E-state index is 12.2. The summed E-state index contributed by atoms with van der Waals surface area (Å²) < 4.78 is 10.9. The Hall–Kier alpha value is -3.26. The molecule has 2 aromatic rings. The standard InChI is InChI=1S/C19H18ClN3O5/c1-11(22-23-19(26)14-9-12(20)2-4-15(14)24)8-18(25)21-13-3-5-16-17(10-13)28-7-6-27-16/h2-5,9-10,24H,6-8H2,1H3,(H,21,25)(H,23,26)/b22-11-. The second kappa shape index (κ2) is 8.62. The van der Waals surface area contributed by atoms with E-state index in [2.05, 4.69) is 15.8 Å². The molecule has 2 amide bonds. The number of carbonyl (C=O) groups is 2. The number of fused-ring (bicyclic) bond motifs is 1. The van der Waals surface area contributed by atoms with Crippen molar-refractivity contribution in [1.82, 2.24) is 5.43 Å². The van der Waals surface area contributed by atoms with Crippen molar-refractivity contribution in [2.75, 3.05) is 18.5 Å². The summed E-state index contributed by atoms with van der Waals surface area (Å²) in [6, 6.07) is 9.22. The fourth-order valence-corrected chi connectivity index (χ4v) is 2.67. The van der Waals surface area contributed by atoms with Crippen molar-refractivity contribution >= 4 is 34.8 Å². The molecule has 1 aliphatic rings. The molecule has 0 bridgehead atoms. The van der Waals surface area contributed by atoms with Crippen molar-refractivity contribution in [2.45, 2.75) is 13.3 Å². The first kappa shape index (κ1) is 19.5. The molecular weight excluding hydrogens is 386 g/mol. The fourth-order valence-electron chi connectivity index (χ4n) is 2.49. The van der Waals surface area contributed by atoms with Gasteiger partial charge in [0, 0.05) is 22.5 Å². The van der Waals surface area contributed by atoms with Gasteiger partial charge in [-0.25, -0.2) is 5.43 Å². The molecule has 1 aliphatic heterocycles. The largest absolute Gasteiger partial charge is 0.507 e. The van der Waals surface area contributed by atoms with Gasteiger partial charge in [0.1, 0.15) is 19.0 Å². The zero-order chi connectivity index (χ0) is 20.1. The summed E-state index contributed by atoms with van der Waals surface area (Å²) in [4.78, 5) is 24.2. The molecular formula is C19H18ClN3O5. The van der Waals surface area contributed by atoms with E-state index in [1.807, 2.05) is 0 Å². The summed E-state index contributed by atoms with van der Waals surface area (Å²) >= 11 is 5.82. The fraction of sp³-hybridized carbons (Fsp3) is 0.211. The van der Waals surface area contributed by atoms with Gasteiger partial charge in [-0.3, -0.25) is 9.59 Å². The van der Waals surface area contributed by atoms with E-state index in [0.717, 1.165) is 0 Å². The zero-order valence-electron chi connectivity index (χ0n) is 15.0. The van der Waals surface area contributed by atoms with Gasteiger partial charge in [-0.15, -0.1) is 0 Å². The Morgan fingerprint density at radius 2 is 1.89 bits per heavy atom. The van der Waals surface area contributed by atoms with Crippen molar-refractivity contribution in [2.24, 2.45) is 5.10 Å². The van der Waals surface area contributed by atoms with Crippen LogP contribution >= 0.6 is 11.6 Å². The second-order valence-corrected chi connectivity index (χ2v) is 6.47. The van der Waals surface area contributed by atoms with Crippen LogP contribution in [0.25, 0.3) is 0 Å². The highest BCUT2D eigenvalue weighted by atomic mass is 35.5. The first-order valence-corrected chi connectivity index (χ1v) is 8.81. The lowest BCUT2D eigenvalue weighted by Gasteiger charge is -2.19. The lowest BCUT2D eigenvalue weighted by atomic mass is 10.2. The minimum atomic E-state index is -0.633. The van der Waals surface area contributed by atoms with Crippen molar-refractivity contribution in [3.8, 4) is 17.2 Å². The van der Waals surface area contributed by atoms with Crippen LogP contribution in [0.1, 0.15) is 23.7 Å². The molecule has 1 heterocycles. The molecule has 0 aliphatic carbocycles. The maximum Gasteiger partial charge on any atom is 0.275 e. The number of ether oxygens (including phenoxy) is 2. The quantitative estimate of drug-likeness (QED) is 0.525. The molecule has 0 fully saturated rings. The summed E-state index contributed by atoms with van der Waals surface area (Å²) in [6.07, 6.45) is -0.0315. The summed E-state index contributed by atoms with van der Waals surface area (Å²) in [6.45, 7) is 2.55. The van der Waals surface area contributed by atoms with Crippen LogP contribution in [0.5, 0.6) is 17.2 Å². The van der Waals surface area contributed by atoms with E-state index < -0.39 is 5.91 Å². The Morgan fingerprint density at radius 1 is 1.14 bits per heavy atom. The Morgan fingerprint density at radius 3 is 2.68 bits per heavy atom. The van der Waals surface area contributed by atoms with E-state index in [1.54, 1.807) is 25.1 Å². The lowest BCUT2D eigenvalue weighted by Crippen LogP contribution is -2.21. The number of anilines is 1. The van der Waals surface area contributed by atoms with Crippen LogP contribution in [-0.2, 0) is 4.79 Å². The lowest BCUT2D eigenvalue weighted by molar-refractivity contribution is -0.115. The molecule has 9 heteroatoms. The predicted octanol–water partition coefficient (Wildman–Crippen LogP) is 2.95. The van der Waals surface area contributed by atoms with Gasteiger partial charge in [-0.05, 0) is 37.3 Å². The molecule has 0 saturated heterocycles. The highest BCUT2D eigenvalue weighted by molar-refractivity contribution is 6.31. The molecule has 0 atom stereocenters. The van der Waals surface area contributed by atoms with Crippen LogP contribution < -0.4 is 20.2 Å². The average molecular weight is 404 g/mol. The number of rotatable bonds is 5. The number of hydrazone groups is 1. The third-order valence-electron chi connectivity index (χ3n) is 3.79. The number of phenolic OH excluding ortho intramolecular Hbond substituents is 1. The monoisotopic (exact) mass is 403 g/mol. The zero-order valence-corrected chi connectivity index (χ0v) is 15.7. The van der Waals surface area contributed by atoms with Crippen molar-refractivity contribution in [3.05, 3.63) is 47.0 Å². The highest BCUT2D eigenvalue weighted by Gasteiger charge is 2.14. The Labute approximate surface area is 166 Å². The smallest absolute Gasteiger partial charge is 0.275 e. The topological polar surface area (TPSA) is 109 Å². The molecule has 3 rings (SSSR count). The minimum absolute atomic E-state index is 0.00946. The summed E-state index contributed by atoms with van der Waals surface area (Å²) in [5, 5.41) is 16.6. The van der Waals surface area contributed by atoms with Gasteiger partial charge in [-0.2, -0.15) is 5.10 Å². The molecule has 0 spiro atoms. The Kier molecular flexibility index (Phi) is 6.00. The number of carbonyl (C=O) groups excluding carboxylic acids is 2. The van der Waals surface area contributed by atoms with E-state index in [9.17, 15) is 14.7 Å². The second-order valence-electron chi connectivity index (χ2n) is 6.03. The number of halogens is 1. The van der Waals surface area contributed by atoms with Crippen molar-refractivity contribution in [1.29, 1.82) is 0 Å². The number of phenols is 1. The summed E-state index contributed by atoms with van der Waals surface area (Å²) in [5.74, 6) is 0.0486. The van der Waals surface area contributed by atoms with Gasteiger partial charge in [0.15, 0.2) is 11.5 Å². The molecule has 2 aromatic carbocycles. The van der Waals surface area contributed by atoms with Crippen LogP contribution in [0.2, 0.25) is 5.02 Å². The van der Waals surface area contributed by atoms with Gasteiger partial charge < -0.3 is 19.9 Å². The molecule has 28 heavy (non-hydrogen) atoms. The normalized spacial score (nSPS) is 13.0. The van der Waals surface area contributed by atoms with Crippen molar-refractivity contribution < 1.29 is 24.2 Å². The number of nitrogens with one attached hydrogen (secondary N) is 2. The van der Waals surface area contributed by atoms with E-state index >= 15 is 0 Å². The van der Waals surface area contributed by atoms with Crippen LogP contribution in [0.3, 0.4) is 0 Å². The molecule has 0 radical (unpaired) electrons. The number of nitrogens with zero attached hydrogens (tertiary/aromatic N) is 1. The number of amides is 2. The van der Waals surface area contributed by atoms with E-state index in [0.29, 0.717) is 41.1 Å². The predicted molar refractivity (Wildman–Crippen MR) is 104 cm³/mol. The third kappa shape index (κ3) is 4.92. The van der Waals surface area contributed by atoms with E-state index in [1.165, 1.54) is 18.2 Å². The number of aromatic hydroxyl groups is 1. The van der Waals surface area contributed by atoms with Crippen LogP contribution in [0, 0.1) is 0 Å². The third-order valence-corrected chi connectivity index (χ3v) is 4.03. The number of benzene rings is 2. The van der Waals surface area contributed by atoms with Crippen molar-refractivity contribution in [3.63, 3.8) is 0 Å². The van der Waals surface area contributed by atoms with E-state index in [4.69, 9.17) is 21.1 Å². The average Bonchev–Trinajstić information content (AvgIpc) is 2.67. The van der Waals surface area contributed by atoms with Gasteiger partial charge in [0.05, 0.1) is 12.0 Å². The van der Waals surface area contributed by atoms with Gasteiger partial charge >= 0.3 is 0 Å². The SMILES string of the molecule is C/C(CC(=O)Nc1ccc2c(c1)OCCO2)=N/NC(=O)c1cc(Cl)ccc1O. The Balaban J connectivity index is 1.56. The van der Waals surface area contributed by atoms with Gasteiger partial charge in [0.2, 0.25) is 5.91 Å². The number of hydrogen-bond acceptors (Lipinski definition) is 6.